The molecule has 0 saturated carbocycles. The van der Waals surface area contributed by atoms with Crippen LogP contribution in [-0.4, -0.2) is 11.9 Å². The molecule has 114 valence electrons. The van der Waals surface area contributed by atoms with E-state index in [0.717, 1.165) is 22.3 Å². The van der Waals surface area contributed by atoms with Gasteiger partial charge in [-0.05, 0) is 41.3 Å². The molecule has 0 aromatic heterocycles. The van der Waals surface area contributed by atoms with E-state index in [1.54, 1.807) is 19.1 Å². The second-order valence-electron chi connectivity index (χ2n) is 4.85. The summed E-state index contributed by atoms with van der Waals surface area (Å²) in [4.78, 5) is 15.3. The van der Waals surface area contributed by atoms with Gasteiger partial charge >= 0.3 is 0 Å². The summed E-state index contributed by atoms with van der Waals surface area (Å²) in [6.45, 7) is 1.78. The molecular formula is C16H15ClFN3O. The Balaban J connectivity index is 2.47. The maximum absolute atomic E-state index is 13.5. The number of guanidine groups is 1. The molecule has 1 amide bonds. The molecular weight excluding hydrogens is 305 g/mol. The number of aliphatic imine (C=N–C) groups is 1. The van der Waals surface area contributed by atoms with Crippen molar-refractivity contribution in [2.24, 2.45) is 16.5 Å². The number of rotatable bonds is 3. The van der Waals surface area contributed by atoms with Gasteiger partial charge in [-0.2, -0.15) is 4.99 Å². The van der Waals surface area contributed by atoms with E-state index < -0.39 is 11.7 Å². The van der Waals surface area contributed by atoms with Gasteiger partial charge in [-0.1, -0.05) is 35.9 Å². The molecule has 2 aromatic carbocycles. The van der Waals surface area contributed by atoms with Crippen molar-refractivity contribution in [2.75, 3.05) is 0 Å². The third kappa shape index (κ3) is 3.62. The van der Waals surface area contributed by atoms with Crippen molar-refractivity contribution in [3.05, 3.63) is 58.4 Å². The van der Waals surface area contributed by atoms with Gasteiger partial charge in [-0.3, -0.25) is 4.79 Å². The summed E-state index contributed by atoms with van der Waals surface area (Å²) in [6, 6.07) is 10.2. The highest BCUT2D eigenvalue weighted by Gasteiger charge is 2.13. The van der Waals surface area contributed by atoms with E-state index in [1.165, 1.54) is 6.07 Å². The zero-order valence-corrected chi connectivity index (χ0v) is 12.7. The van der Waals surface area contributed by atoms with Crippen LogP contribution in [0.15, 0.2) is 41.4 Å². The Kier molecular flexibility index (Phi) is 4.78. The van der Waals surface area contributed by atoms with Crippen molar-refractivity contribution in [1.29, 1.82) is 0 Å². The molecule has 0 aliphatic carbocycles. The molecule has 0 bridgehead atoms. The Morgan fingerprint density at radius 1 is 1.23 bits per heavy atom. The Morgan fingerprint density at radius 2 is 1.91 bits per heavy atom. The monoisotopic (exact) mass is 319 g/mol. The van der Waals surface area contributed by atoms with Crippen molar-refractivity contribution >= 4 is 23.5 Å². The fourth-order valence-electron chi connectivity index (χ4n) is 2.22. The maximum Gasteiger partial charge on any atom is 0.253 e. The SMILES string of the molecule is Cc1cc(F)c(Cl)cc1-c1ccccc1CC(=O)N=C(N)N. The summed E-state index contributed by atoms with van der Waals surface area (Å²) < 4.78 is 13.5. The molecule has 2 rings (SSSR count). The average molecular weight is 320 g/mol. The van der Waals surface area contributed by atoms with Gasteiger partial charge in [0.05, 0.1) is 11.4 Å². The zero-order valence-electron chi connectivity index (χ0n) is 11.9. The number of aryl methyl sites for hydroxylation is 1. The normalized spacial score (nSPS) is 10.3. The number of nitrogens with two attached hydrogens (primary N) is 2. The Morgan fingerprint density at radius 3 is 2.59 bits per heavy atom. The van der Waals surface area contributed by atoms with E-state index in [1.807, 2.05) is 18.2 Å². The second-order valence-corrected chi connectivity index (χ2v) is 5.25. The summed E-state index contributed by atoms with van der Waals surface area (Å²) in [7, 11) is 0. The highest BCUT2D eigenvalue weighted by atomic mass is 35.5. The van der Waals surface area contributed by atoms with Crippen LogP contribution in [0.3, 0.4) is 0 Å². The summed E-state index contributed by atoms with van der Waals surface area (Å²) in [5.41, 5.74) is 13.4. The highest BCUT2D eigenvalue weighted by molar-refractivity contribution is 6.31. The summed E-state index contributed by atoms with van der Waals surface area (Å²) in [5.74, 6) is -1.20. The van der Waals surface area contributed by atoms with E-state index in [4.69, 9.17) is 23.1 Å². The van der Waals surface area contributed by atoms with Crippen molar-refractivity contribution < 1.29 is 9.18 Å². The van der Waals surface area contributed by atoms with E-state index in [2.05, 4.69) is 4.99 Å². The first-order chi connectivity index (χ1) is 10.4. The molecule has 0 unspecified atom stereocenters. The lowest BCUT2D eigenvalue weighted by atomic mass is 9.94. The van der Waals surface area contributed by atoms with Gasteiger partial charge in [0.2, 0.25) is 0 Å². The highest BCUT2D eigenvalue weighted by Crippen LogP contribution is 2.31. The van der Waals surface area contributed by atoms with Gasteiger partial charge in [0, 0.05) is 0 Å². The molecule has 0 heterocycles. The maximum atomic E-state index is 13.5. The summed E-state index contributed by atoms with van der Waals surface area (Å²) in [5, 5.41) is 0.0333. The first-order valence-electron chi connectivity index (χ1n) is 6.55. The van der Waals surface area contributed by atoms with Gasteiger partial charge in [0.25, 0.3) is 5.91 Å². The molecule has 0 fully saturated rings. The average Bonchev–Trinajstić information content (AvgIpc) is 2.43. The van der Waals surface area contributed by atoms with Crippen LogP contribution < -0.4 is 11.5 Å². The predicted molar refractivity (Wildman–Crippen MR) is 86.1 cm³/mol. The van der Waals surface area contributed by atoms with Crippen LogP contribution in [0, 0.1) is 12.7 Å². The number of amides is 1. The van der Waals surface area contributed by atoms with Gasteiger partial charge in [-0.15, -0.1) is 0 Å². The smallest absolute Gasteiger partial charge is 0.253 e. The molecule has 2 aromatic rings. The molecule has 0 aliphatic rings. The minimum atomic E-state index is -0.475. The lowest BCUT2D eigenvalue weighted by molar-refractivity contribution is -0.117. The molecule has 4 N–H and O–H groups in total. The van der Waals surface area contributed by atoms with E-state index >= 15 is 0 Å². The standard InChI is InChI=1S/C16H15ClFN3O/c1-9-6-14(18)13(17)8-12(9)11-5-3-2-4-10(11)7-15(22)21-16(19)20/h2-6,8H,7H2,1H3,(H4,19,20,21,22). The van der Waals surface area contributed by atoms with E-state index in [-0.39, 0.29) is 17.4 Å². The molecule has 0 spiro atoms. The van der Waals surface area contributed by atoms with Crippen LogP contribution in [0.1, 0.15) is 11.1 Å². The fraction of sp³-hybridized carbons (Fsp3) is 0.125. The minimum Gasteiger partial charge on any atom is -0.370 e. The quantitative estimate of drug-likeness (QED) is 0.674. The fourth-order valence-corrected chi connectivity index (χ4v) is 2.38. The number of nitrogens with zero attached hydrogens (tertiary/aromatic N) is 1. The molecule has 22 heavy (non-hydrogen) atoms. The number of hydrogen-bond donors (Lipinski definition) is 2. The zero-order chi connectivity index (χ0) is 16.3. The van der Waals surface area contributed by atoms with Gasteiger partial charge < -0.3 is 11.5 Å². The Labute approximate surface area is 132 Å². The number of benzene rings is 2. The van der Waals surface area contributed by atoms with Gasteiger partial charge in [0.15, 0.2) is 5.96 Å². The summed E-state index contributed by atoms with van der Waals surface area (Å²) in [6.07, 6.45) is 0.0442. The number of halogens is 2. The molecule has 6 heteroatoms. The lowest BCUT2D eigenvalue weighted by Crippen LogP contribution is -2.24. The van der Waals surface area contributed by atoms with Crippen LogP contribution in [-0.2, 0) is 11.2 Å². The first-order valence-corrected chi connectivity index (χ1v) is 6.92. The van der Waals surface area contributed by atoms with Crippen LogP contribution in [0.2, 0.25) is 5.02 Å². The Bertz CT molecular complexity index is 755. The number of hydrogen-bond acceptors (Lipinski definition) is 1. The first kappa shape index (κ1) is 16.0. The molecule has 0 saturated heterocycles. The van der Waals surface area contributed by atoms with Gasteiger partial charge in [-0.25, -0.2) is 4.39 Å². The van der Waals surface area contributed by atoms with Crippen LogP contribution in [0.5, 0.6) is 0 Å². The third-order valence-corrected chi connectivity index (χ3v) is 3.46. The summed E-state index contributed by atoms with van der Waals surface area (Å²) >= 11 is 5.87. The lowest BCUT2D eigenvalue weighted by Gasteiger charge is -2.12. The van der Waals surface area contributed by atoms with E-state index in [0.29, 0.717) is 0 Å². The van der Waals surface area contributed by atoms with Gasteiger partial charge in [0.1, 0.15) is 5.82 Å². The topological polar surface area (TPSA) is 81.5 Å². The largest absolute Gasteiger partial charge is 0.370 e. The molecule has 0 atom stereocenters. The second kappa shape index (κ2) is 6.58. The molecule has 4 nitrogen and oxygen atoms in total. The Hall–Kier alpha value is -2.40. The van der Waals surface area contributed by atoms with Crippen molar-refractivity contribution in [3.63, 3.8) is 0 Å². The third-order valence-electron chi connectivity index (χ3n) is 3.17. The van der Waals surface area contributed by atoms with Crippen LogP contribution in [0.25, 0.3) is 11.1 Å². The van der Waals surface area contributed by atoms with Crippen LogP contribution in [0.4, 0.5) is 4.39 Å². The minimum absolute atomic E-state index is 0.0333. The van der Waals surface area contributed by atoms with E-state index in [9.17, 15) is 9.18 Å². The molecule has 0 aliphatic heterocycles. The van der Waals surface area contributed by atoms with Crippen molar-refractivity contribution in [1.82, 2.24) is 0 Å². The molecule has 0 radical (unpaired) electrons. The van der Waals surface area contributed by atoms with Crippen LogP contribution >= 0.6 is 11.6 Å². The van der Waals surface area contributed by atoms with Crippen molar-refractivity contribution in [2.45, 2.75) is 13.3 Å². The predicted octanol–water partition coefficient (Wildman–Crippen LogP) is 2.80. The number of carbonyl (C=O) groups excluding carboxylic acids is 1. The number of carbonyl (C=O) groups is 1. The van der Waals surface area contributed by atoms with Crippen molar-refractivity contribution in [3.8, 4) is 11.1 Å².